The molecule has 0 aromatic carbocycles. The molecule has 1 aliphatic heterocycles. The number of hydrogen-bond acceptors (Lipinski definition) is 6. The van der Waals surface area contributed by atoms with Gasteiger partial charge in [-0.15, -0.1) is 11.3 Å². The lowest BCUT2D eigenvalue weighted by atomic mass is 10.1. The van der Waals surface area contributed by atoms with Gasteiger partial charge in [0, 0.05) is 24.4 Å². The number of nitrogens with zero attached hydrogens (tertiary/aromatic N) is 4. The predicted octanol–water partition coefficient (Wildman–Crippen LogP) is 2.24. The van der Waals surface area contributed by atoms with E-state index in [9.17, 15) is 9.59 Å². The normalized spacial score (nSPS) is 16.7. The molecule has 0 bridgehead atoms. The molecule has 3 aromatic heterocycles. The quantitative estimate of drug-likeness (QED) is 0.715. The van der Waals surface area contributed by atoms with Crippen LogP contribution in [0.3, 0.4) is 0 Å². The summed E-state index contributed by atoms with van der Waals surface area (Å²) in [5.41, 5.74) is 0.704. The molecule has 1 atom stereocenters. The van der Waals surface area contributed by atoms with Gasteiger partial charge in [-0.3, -0.25) is 9.36 Å². The van der Waals surface area contributed by atoms with E-state index in [1.54, 1.807) is 15.9 Å². The summed E-state index contributed by atoms with van der Waals surface area (Å²) in [5.74, 6) is 0.621. The fourth-order valence-electron chi connectivity index (χ4n) is 3.20. The largest absolute Gasteiger partial charge is 0.440 e. The van der Waals surface area contributed by atoms with E-state index in [4.69, 9.17) is 16.0 Å². The second kappa shape index (κ2) is 7.32. The van der Waals surface area contributed by atoms with E-state index < -0.39 is 0 Å². The van der Waals surface area contributed by atoms with Crippen molar-refractivity contribution in [3.05, 3.63) is 55.5 Å². The lowest BCUT2D eigenvalue weighted by Crippen LogP contribution is -2.35. The summed E-state index contributed by atoms with van der Waals surface area (Å²) in [6.45, 7) is 2.82. The van der Waals surface area contributed by atoms with Gasteiger partial charge in [0.2, 0.25) is 0 Å². The highest BCUT2D eigenvalue weighted by Gasteiger charge is 2.23. The maximum atomic E-state index is 12.7. The molecule has 0 saturated carbocycles. The molecule has 0 fully saturated rings. The molecule has 1 N–H and O–H groups in total. The molecule has 10 heteroatoms. The minimum absolute atomic E-state index is 0.0582. The van der Waals surface area contributed by atoms with Gasteiger partial charge in [-0.25, -0.2) is 14.5 Å². The third-order valence-electron chi connectivity index (χ3n) is 4.53. The van der Waals surface area contributed by atoms with E-state index in [0.717, 1.165) is 16.5 Å². The van der Waals surface area contributed by atoms with Gasteiger partial charge in [0.15, 0.2) is 11.0 Å². The van der Waals surface area contributed by atoms with Crippen molar-refractivity contribution in [2.45, 2.75) is 45.3 Å². The van der Waals surface area contributed by atoms with Gasteiger partial charge in [0.1, 0.15) is 5.82 Å². The highest BCUT2D eigenvalue weighted by atomic mass is 35.5. The molecule has 8 nitrogen and oxygen atoms in total. The highest BCUT2D eigenvalue weighted by Crippen LogP contribution is 2.16. The fourth-order valence-corrected chi connectivity index (χ4v) is 3.95. The zero-order valence-corrected chi connectivity index (χ0v) is 16.2. The first-order valence-electron chi connectivity index (χ1n) is 8.63. The van der Waals surface area contributed by atoms with Crippen LogP contribution in [0.15, 0.2) is 26.7 Å². The van der Waals surface area contributed by atoms with Crippen molar-refractivity contribution in [2.75, 3.05) is 0 Å². The lowest BCUT2D eigenvalue weighted by molar-refractivity contribution is 0.0905. The average Bonchev–Trinajstić information content (AvgIpc) is 3.28. The van der Waals surface area contributed by atoms with E-state index in [-0.39, 0.29) is 28.6 Å². The molecule has 142 valence electrons. The Kier molecular flexibility index (Phi) is 4.88. The van der Waals surface area contributed by atoms with Crippen LogP contribution in [0.1, 0.15) is 39.9 Å². The number of nitrogens with one attached hydrogen (secondary N) is 1. The van der Waals surface area contributed by atoms with Crippen LogP contribution in [0, 0.1) is 6.92 Å². The molecule has 0 aliphatic carbocycles. The van der Waals surface area contributed by atoms with Crippen LogP contribution < -0.4 is 11.0 Å². The summed E-state index contributed by atoms with van der Waals surface area (Å²) in [5, 5.41) is 10.5. The molecule has 0 saturated heterocycles. The number of thiazole rings is 1. The molecule has 3 aromatic rings. The number of aryl methyl sites for hydroxylation is 2. The summed E-state index contributed by atoms with van der Waals surface area (Å²) < 4.78 is 8.29. The lowest BCUT2D eigenvalue weighted by Gasteiger charge is -2.14. The Labute approximate surface area is 163 Å². The van der Waals surface area contributed by atoms with Gasteiger partial charge >= 0.3 is 5.69 Å². The van der Waals surface area contributed by atoms with E-state index in [2.05, 4.69) is 15.4 Å². The number of furan rings is 1. The molecule has 4 rings (SSSR count). The first-order chi connectivity index (χ1) is 13.0. The summed E-state index contributed by atoms with van der Waals surface area (Å²) in [7, 11) is 0. The Morgan fingerprint density at radius 3 is 3.00 bits per heavy atom. The number of aromatic nitrogens is 4. The third-order valence-corrected chi connectivity index (χ3v) is 5.55. The van der Waals surface area contributed by atoms with Crippen molar-refractivity contribution in [1.82, 2.24) is 24.6 Å². The Hall–Kier alpha value is -2.39. The highest BCUT2D eigenvalue weighted by molar-refractivity contribution is 7.09. The fraction of sp³-hybridized carbons (Fsp3) is 0.412. The second-order valence-corrected chi connectivity index (χ2v) is 7.90. The third kappa shape index (κ3) is 3.84. The molecular formula is C17H18ClN5O3S. The van der Waals surface area contributed by atoms with Crippen LogP contribution in [-0.4, -0.2) is 31.3 Å². The summed E-state index contributed by atoms with van der Waals surface area (Å²) in [4.78, 5) is 29.3. The monoisotopic (exact) mass is 407 g/mol. The minimum Gasteiger partial charge on any atom is -0.440 e. The predicted molar refractivity (Wildman–Crippen MR) is 100 cm³/mol. The number of carbonyl (C=O) groups is 1. The van der Waals surface area contributed by atoms with Crippen molar-refractivity contribution in [2.24, 2.45) is 0 Å². The Morgan fingerprint density at radius 2 is 2.30 bits per heavy atom. The van der Waals surface area contributed by atoms with Gasteiger partial charge in [-0.05, 0) is 43.5 Å². The van der Waals surface area contributed by atoms with Crippen LogP contribution in [0.4, 0.5) is 0 Å². The topological polar surface area (TPSA) is 95.0 Å². The Morgan fingerprint density at radius 1 is 1.44 bits per heavy atom. The van der Waals surface area contributed by atoms with Crippen molar-refractivity contribution in [1.29, 1.82) is 0 Å². The van der Waals surface area contributed by atoms with Crippen molar-refractivity contribution in [3.63, 3.8) is 0 Å². The summed E-state index contributed by atoms with van der Waals surface area (Å²) >= 11 is 7.27. The van der Waals surface area contributed by atoms with E-state index in [1.807, 2.05) is 12.3 Å². The number of amides is 1. The number of fused-ring (bicyclic) bond motifs is 1. The van der Waals surface area contributed by atoms with Crippen LogP contribution >= 0.6 is 22.9 Å². The molecule has 0 spiro atoms. The van der Waals surface area contributed by atoms with Gasteiger partial charge in [0.05, 0.1) is 17.2 Å². The zero-order chi connectivity index (χ0) is 19.0. The second-order valence-electron chi connectivity index (χ2n) is 6.47. The Balaban J connectivity index is 1.43. The average molecular weight is 408 g/mol. The molecule has 0 radical (unpaired) electrons. The van der Waals surface area contributed by atoms with E-state index >= 15 is 0 Å². The number of carbonyl (C=O) groups excluding carboxylic acids is 1. The standard InChI is InChI=1S/C17H18ClN5O3S/c1-10-19-12(9-27-10)8-23-17(25)22-7-6-11(2-5-15(22)21-23)20-16(24)13-3-4-14(18)26-13/h3-4,9,11H,2,5-8H2,1H3,(H,20,24). The van der Waals surface area contributed by atoms with Gasteiger partial charge in [-0.2, -0.15) is 5.10 Å². The maximum Gasteiger partial charge on any atom is 0.346 e. The zero-order valence-electron chi connectivity index (χ0n) is 14.6. The molecular weight excluding hydrogens is 390 g/mol. The molecule has 1 amide bonds. The van der Waals surface area contributed by atoms with Crippen molar-refractivity contribution >= 4 is 28.8 Å². The maximum absolute atomic E-state index is 12.7. The van der Waals surface area contributed by atoms with Crippen LogP contribution in [0.25, 0.3) is 0 Å². The smallest absolute Gasteiger partial charge is 0.346 e. The first kappa shape index (κ1) is 18.0. The molecule has 1 aliphatic rings. The Bertz CT molecular complexity index is 1030. The van der Waals surface area contributed by atoms with Crippen molar-refractivity contribution in [3.8, 4) is 0 Å². The minimum atomic E-state index is -0.303. The van der Waals surface area contributed by atoms with E-state index in [1.165, 1.54) is 16.8 Å². The first-order valence-corrected chi connectivity index (χ1v) is 9.89. The van der Waals surface area contributed by atoms with Crippen molar-refractivity contribution < 1.29 is 9.21 Å². The van der Waals surface area contributed by atoms with Crippen LogP contribution in [0.5, 0.6) is 0 Å². The molecule has 27 heavy (non-hydrogen) atoms. The number of hydrogen-bond donors (Lipinski definition) is 1. The van der Waals surface area contributed by atoms with E-state index in [0.29, 0.717) is 32.4 Å². The van der Waals surface area contributed by atoms with Crippen LogP contribution in [0.2, 0.25) is 5.22 Å². The molecule has 1 unspecified atom stereocenters. The van der Waals surface area contributed by atoms with Gasteiger partial charge in [-0.1, -0.05) is 0 Å². The SMILES string of the molecule is Cc1nc(Cn2nc3n(c2=O)CCC(NC(=O)c2ccc(Cl)o2)CC3)cs1. The molecule has 4 heterocycles. The number of halogens is 1. The van der Waals surface area contributed by atoms with Gasteiger partial charge in [0.25, 0.3) is 5.91 Å². The van der Waals surface area contributed by atoms with Crippen LogP contribution in [-0.2, 0) is 19.5 Å². The van der Waals surface area contributed by atoms with Gasteiger partial charge < -0.3 is 9.73 Å². The number of rotatable bonds is 4. The summed E-state index contributed by atoms with van der Waals surface area (Å²) in [6, 6.07) is 3.01. The summed E-state index contributed by atoms with van der Waals surface area (Å²) in [6.07, 6.45) is 1.96.